The lowest BCUT2D eigenvalue weighted by Crippen LogP contribution is -2.34. The summed E-state index contributed by atoms with van der Waals surface area (Å²) in [6.07, 6.45) is 0. The number of likely N-dealkylation sites (N-methyl/N-ethyl adjacent to an activating group) is 1. The van der Waals surface area contributed by atoms with Gasteiger partial charge in [0.15, 0.2) is 0 Å². The highest BCUT2D eigenvalue weighted by Crippen LogP contribution is 2.20. The predicted octanol–water partition coefficient (Wildman–Crippen LogP) is 3.93. The molecule has 0 aliphatic rings. The number of nitrogens with zero attached hydrogens (tertiary/aromatic N) is 1. The molecule has 2 amide bonds. The number of halogens is 1. The van der Waals surface area contributed by atoms with E-state index < -0.39 is 5.82 Å². The number of benzene rings is 2. The monoisotopic (exact) mass is 389 g/mol. The van der Waals surface area contributed by atoms with Gasteiger partial charge in [-0.3, -0.25) is 14.3 Å². The van der Waals surface area contributed by atoms with Gasteiger partial charge in [0.05, 0.1) is 6.54 Å². The van der Waals surface area contributed by atoms with Crippen molar-refractivity contribution in [1.29, 1.82) is 0 Å². The van der Waals surface area contributed by atoms with E-state index in [4.69, 9.17) is 0 Å². The van der Waals surface area contributed by atoms with Crippen LogP contribution in [-0.4, -0.2) is 35.8 Å². The van der Waals surface area contributed by atoms with E-state index in [1.54, 1.807) is 0 Å². The molecule has 7 heteroatoms. The normalized spacial score (nSPS) is 11.1. The van der Waals surface area contributed by atoms with Crippen LogP contribution in [0.25, 0.3) is 0 Å². The summed E-state index contributed by atoms with van der Waals surface area (Å²) in [6, 6.07) is 12.7. The third-order valence-electron chi connectivity index (χ3n) is 3.43. The maximum Gasteiger partial charge on any atom is 0.254 e. The molecule has 0 atom stereocenters. The molecule has 0 radical (unpaired) electrons. The van der Waals surface area contributed by atoms with Gasteiger partial charge in [-0.1, -0.05) is 0 Å². The minimum atomic E-state index is -0.411. The van der Waals surface area contributed by atoms with E-state index in [0.29, 0.717) is 11.3 Å². The Labute approximate surface area is 163 Å². The van der Waals surface area contributed by atoms with Crippen LogP contribution in [0.5, 0.6) is 0 Å². The molecule has 0 unspecified atom stereocenters. The molecule has 0 bridgehead atoms. The molecule has 2 aromatic rings. The van der Waals surface area contributed by atoms with Gasteiger partial charge in [0, 0.05) is 28.7 Å². The van der Waals surface area contributed by atoms with Crippen LogP contribution in [0.2, 0.25) is 0 Å². The zero-order valence-corrected chi connectivity index (χ0v) is 16.7. The molecule has 2 rings (SSSR count). The molecule has 0 fully saturated rings. The van der Waals surface area contributed by atoms with Gasteiger partial charge >= 0.3 is 0 Å². The smallest absolute Gasteiger partial charge is 0.254 e. The van der Waals surface area contributed by atoms with E-state index in [2.05, 4.69) is 30.8 Å². The molecule has 0 saturated heterocycles. The van der Waals surface area contributed by atoms with Crippen LogP contribution in [0.1, 0.15) is 31.1 Å². The number of nitrogens with one attached hydrogen (secondary N) is 2. The van der Waals surface area contributed by atoms with E-state index in [1.165, 1.54) is 48.2 Å². The zero-order chi connectivity index (χ0) is 20.0. The Morgan fingerprint density at radius 1 is 1.04 bits per heavy atom. The van der Waals surface area contributed by atoms with Crippen molar-refractivity contribution in [2.75, 3.05) is 18.9 Å². The Kier molecular flexibility index (Phi) is 6.98. The summed E-state index contributed by atoms with van der Waals surface area (Å²) in [4.78, 5) is 26.8. The van der Waals surface area contributed by atoms with Gasteiger partial charge in [-0.05, 0) is 81.3 Å². The first kappa shape index (κ1) is 20.9. The summed E-state index contributed by atoms with van der Waals surface area (Å²) < 4.78 is 16.3. The van der Waals surface area contributed by atoms with E-state index in [-0.39, 0.29) is 23.9 Å². The lowest BCUT2D eigenvalue weighted by atomic mass is 10.1. The molecule has 2 aromatic carbocycles. The molecule has 0 saturated carbocycles. The molecule has 144 valence electrons. The minimum absolute atomic E-state index is 0.000795. The molecular formula is C20H24FN3O2S. The largest absolute Gasteiger partial charge is 0.332 e. The average Bonchev–Trinajstić information content (AvgIpc) is 2.60. The second-order valence-corrected chi connectivity index (χ2v) is 8.07. The van der Waals surface area contributed by atoms with Crippen molar-refractivity contribution in [3.05, 3.63) is 59.9 Å². The van der Waals surface area contributed by atoms with Crippen LogP contribution in [0, 0.1) is 5.82 Å². The first-order chi connectivity index (χ1) is 12.6. The molecule has 0 aliphatic heterocycles. The van der Waals surface area contributed by atoms with Crippen molar-refractivity contribution in [2.24, 2.45) is 0 Å². The molecule has 2 N–H and O–H groups in total. The summed E-state index contributed by atoms with van der Waals surface area (Å²) >= 11 is 1.53. The summed E-state index contributed by atoms with van der Waals surface area (Å²) in [7, 11) is 1.53. The van der Waals surface area contributed by atoms with Gasteiger partial charge in [-0.15, -0.1) is 0 Å². The van der Waals surface area contributed by atoms with Crippen molar-refractivity contribution >= 4 is 29.4 Å². The maximum absolute atomic E-state index is 12.9. The quantitative estimate of drug-likeness (QED) is 0.735. The fourth-order valence-corrected chi connectivity index (χ4v) is 2.82. The fraction of sp³-hybridized carbons (Fsp3) is 0.300. The van der Waals surface area contributed by atoms with Crippen LogP contribution in [0.4, 0.5) is 10.1 Å². The third kappa shape index (κ3) is 7.03. The highest BCUT2D eigenvalue weighted by atomic mass is 32.2. The van der Waals surface area contributed by atoms with E-state index in [0.717, 1.165) is 4.90 Å². The number of hydrogen-bond acceptors (Lipinski definition) is 4. The number of amides is 2. The van der Waals surface area contributed by atoms with Crippen LogP contribution in [0.3, 0.4) is 0 Å². The van der Waals surface area contributed by atoms with Crippen LogP contribution < -0.4 is 10.0 Å². The third-order valence-corrected chi connectivity index (χ3v) is 4.65. The number of anilines is 1. The summed E-state index contributed by atoms with van der Waals surface area (Å²) in [5.41, 5.74) is 0.987. The van der Waals surface area contributed by atoms with Gasteiger partial charge in [-0.25, -0.2) is 4.39 Å². The Morgan fingerprint density at radius 2 is 1.63 bits per heavy atom. The predicted molar refractivity (Wildman–Crippen MR) is 107 cm³/mol. The first-order valence-corrected chi connectivity index (χ1v) is 9.31. The Morgan fingerprint density at radius 3 is 2.19 bits per heavy atom. The van der Waals surface area contributed by atoms with Gasteiger partial charge < -0.3 is 10.2 Å². The molecule has 0 spiro atoms. The summed E-state index contributed by atoms with van der Waals surface area (Å²) in [5, 5.41) is 2.77. The summed E-state index contributed by atoms with van der Waals surface area (Å²) in [6.45, 7) is 6.15. The topological polar surface area (TPSA) is 61.4 Å². The number of carbonyl (C=O) groups excluding carboxylic acids is 2. The van der Waals surface area contributed by atoms with Crippen molar-refractivity contribution in [2.45, 2.75) is 31.2 Å². The van der Waals surface area contributed by atoms with Crippen molar-refractivity contribution in [1.82, 2.24) is 9.62 Å². The fourth-order valence-electron chi connectivity index (χ4n) is 2.12. The standard InChI is InChI=1S/C20H24FN3O2S/c1-20(2,3)23-27-17-11-9-16(10-12-17)22-18(25)13-24(4)19(26)14-5-7-15(21)8-6-14/h5-12,23H,13H2,1-4H3,(H,22,25). The number of hydrogen-bond donors (Lipinski definition) is 2. The van der Waals surface area contributed by atoms with Crippen molar-refractivity contribution < 1.29 is 14.0 Å². The second-order valence-electron chi connectivity index (χ2n) is 7.19. The Balaban J connectivity index is 1.87. The molecule has 0 aromatic heterocycles. The first-order valence-electron chi connectivity index (χ1n) is 8.49. The SMILES string of the molecule is CN(CC(=O)Nc1ccc(SNC(C)(C)C)cc1)C(=O)c1ccc(F)cc1. The Hall–Kier alpha value is -2.38. The number of carbonyl (C=O) groups is 2. The minimum Gasteiger partial charge on any atom is -0.332 e. The number of rotatable bonds is 6. The molecule has 5 nitrogen and oxygen atoms in total. The van der Waals surface area contributed by atoms with Crippen molar-refractivity contribution in [3.8, 4) is 0 Å². The van der Waals surface area contributed by atoms with E-state index in [9.17, 15) is 14.0 Å². The maximum atomic E-state index is 12.9. The van der Waals surface area contributed by atoms with E-state index >= 15 is 0 Å². The molecule has 0 heterocycles. The van der Waals surface area contributed by atoms with Gasteiger partial charge in [0.1, 0.15) is 5.82 Å². The average molecular weight is 389 g/mol. The van der Waals surface area contributed by atoms with E-state index in [1.807, 2.05) is 24.3 Å². The second kappa shape index (κ2) is 9.01. The van der Waals surface area contributed by atoms with Gasteiger partial charge in [-0.2, -0.15) is 0 Å². The highest BCUT2D eigenvalue weighted by Gasteiger charge is 2.15. The molecular weight excluding hydrogens is 365 g/mol. The van der Waals surface area contributed by atoms with Crippen LogP contribution in [0.15, 0.2) is 53.4 Å². The van der Waals surface area contributed by atoms with Crippen LogP contribution in [-0.2, 0) is 4.79 Å². The summed E-state index contributed by atoms with van der Waals surface area (Å²) in [5.74, 6) is -1.06. The lowest BCUT2D eigenvalue weighted by Gasteiger charge is -2.19. The highest BCUT2D eigenvalue weighted by molar-refractivity contribution is 7.97. The van der Waals surface area contributed by atoms with Gasteiger partial charge in [0.2, 0.25) is 5.91 Å². The lowest BCUT2D eigenvalue weighted by molar-refractivity contribution is -0.116. The zero-order valence-electron chi connectivity index (χ0n) is 15.9. The van der Waals surface area contributed by atoms with Gasteiger partial charge in [0.25, 0.3) is 5.91 Å². The molecule has 0 aliphatic carbocycles. The molecule has 27 heavy (non-hydrogen) atoms. The van der Waals surface area contributed by atoms with Crippen molar-refractivity contribution in [3.63, 3.8) is 0 Å². The van der Waals surface area contributed by atoms with Crippen LogP contribution >= 0.6 is 11.9 Å². The Bertz CT molecular complexity index is 786.